The van der Waals surface area contributed by atoms with Crippen LogP contribution < -0.4 is 0 Å². The van der Waals surface area contributed by atoms with Crippen LogP contribution in [0.1, 0.15) is 59.3 Å². The number of nitrogens with zero attached hydrogens (tertiary/aromatic N) is 1. The van der Waals surface area contributed by atoms with Crippen molar-refractivity contribution < 1.29 is 14.7 Å². The number of amides is 1. The molecule has 21 heavy (non-hydrogen) atoms. The second-order valence-corrected chi connectivity index (χ2v) is 7.41. The molecule has 0 bridgehead atoms. The Morgan fingerprint density at radius 2 is 1.86 bits per heavy atom. The van der Waals surface area contributed by atoms with Crippen LogP contribution in [0.25, 0.3) is 0 Å². The van der Waals surface area contributed by atoms with Crippen LogP contribution in [0.3, 0.4) is 0 Å². The molecule has 120 valence electrons. The van der Waals surface area contributed by atoms with E-state index < -0.39 is 11.4 Å². The van der Waals surface area contributed by atoms with Crippen molar-refractivity contribution in [1.82, 2.24) is 4.90 Å². The van der Waals surface area contributed by atoms with Crippen LogP contribution in [0.2, 0.25) is 0 Å². The molecule has 0 spiro atoms. The molecule has 1 aliphatic heterocycles. The zero-order chi connectivity index (χ0) is 15.6. The molecule has 1 heterocycles. The monoisotopic (exact) mass is 295 g/mol. The fourth-order valence-corrected chi connectivity index (χ4v) is 4.07. The molecule has 1 saturated heterocycles. The lowest BCUT2D eigenvalue weighted by Crippen LogP contribution is -2.42. The maximum atomic E-state index is 12.6. The van der Waals surface area contributed by atoms with Gasteiger partial charge in [0.15, 0.2) is 0 Å². The predicted molar refractivity (Wildman–Crippen MR) is 81.8 cm³/mol. The maximum absolute atomic E-state index is 12.6. The number of carboxylic acids is 1. The molecule has 0 aromatic carbocycles. The number of carbonyl (C=O) groups excluding carboxylic acids is 1. The number of hydrogen-bond donors (Lipinski definition) is 1. The summed E-state index contributed by atoms with van der Waals surface area (Å²) >= 11 is 0. The Labute approximate surface area is 127 Å². The maximum Gasteiger partial charge on any atom is 0.311 e. The van der Waals surface area contributed by atoms with Crippen molar-refractivity contribution in [1.29, 1.82) is 0 Å². The highest BCUT2D eigenvalue weighted by Gasteiger charge is 2.48. The third-order valence-corrected chi connectivity index (χ3v) is 5.73. The number of hydrogen-bond acceptors (Lipinski definition) is 2. The van der Waals surface area contributed by atoms with Crippen LogP contribution in [0.15, 0.2) is 0 Å². The zero-order valence-electron chi connectivity index (χ0n) is 13.6. The highest BCUT2D eigenvalue weighted by Crippen LogP contribution is 2.39. The van der Waals surface area contributed by atoms with E-state index in [1.54, 1.807) is 4.90 Å². The summed E-state index contributed by atoms with van der Waals surface area (Å²) in [7, 11) is 0. The average Bonchev–Trinajstić information content (AvgIpc) is 3.06. The minimum absolute atomic E-state index is 0.0323. The minimum Gasteiger partial charge on any atom is -0.481 e. The van der Waals surface area contributed by atoms with Crippen LogP contribution in [0.4, 0.5) is 0 Å². The standard InChI is InChI=1S/C17H29NO3/c1-12(2)17(16(20)21)8-9-18(11-17)15(19)13(3)10-14-6-4-5-7-14/h12-14H,4-11H2,1-3H3,(H,20,21). The van der Waals surface area contributed by atoms with Crippen molar-refractivity contribution >= 4 is 11.9 Å². The van der Waals surface area contributed by atoms with Gasteiger partial charge in [0.2, 0.25) is 5.91 Å². The van der Waals surface area contributed by atoms with Gasteiger partial charge in [0.05, 0.1) is 5.41 Å². The van der Waals surface area contributed by atoms with Crippen LogP contribution in [0.5, 0.6) is 0 Å². The molecule has 1 amide bonds. The molecule has 1 saturated carbocycles. The summed E-state index contributed by atoms with van der Waals surface area (Å²) in [6.07, 6.45) is 6.65. The molecule has 0 aromatic rings. The summed E-state index contributed by atoms with van der Waals surface area (Å²) in [6.45, 7) is 6.89. The molecule has 0 aromatic heterocycles. The lowest BCUT2D eigenvalue weighted by molar-refractivity contribution is -0.151. The first kappa shape index (κ1) is 16.3. The number of rotatable bonds is 5. The first-order valence-electron chi connectivity index (χ1n) is 8.39. The van der Waals surface area contributed by atoms with E-state index >= 15 is 0 Å². The van der Waals surface area contributed by atoms with E-state index in [0.29, 0.717) is 25.4 Å². The molecule has 1 aliphatic carbocycles. The Kier molecular flexibility index (Phi) is 4.95. The third-order valence-electron chi connectivity index (χ3n) is 5.73. The van der Waals surface area contributed by atoms with Gasteiger partial charge in [-0.15, -0.1) is 0 Å². The summed E-state index contributed by atoms with van der Waals surface area (Å²) in [6, 6.07) is 0. The molecule has 1 N–H and O–H groups in total. The normalized spacial score (nSPS) is 28.3. The summed E-state index contributed by atoms with van der Waals surface area (Å²) < 4.78 is 0. The van der Waals surface area contributed by atoms with Gasteiger partial charge in [0, 0.05) is 19.0 Å². The second kappa shape index (κ2) is 6.37. The number of likely N-dealkylation sites (tertiary alicyclic amines) is 1. The second-order valence-electron chi connectivity index (χ2n) is 7.41. The van der Waals surface area contributed by atoms with Crippen LogP contribution in [-0.4, -0.2) is 35.0 Å². The lowest BCUT2D eigenvalue weighted by atomic mass is 9.76. The highest BCUT2D eigenvalue weighted by molar-refractivity contribution is 5.82. The number of carbonyl (C=O) groups is 2. The van der Waals surface area contributed by atoms with Crippen molar-refractivity contribution in [3.63, 3.8) is 0 Å². The molecule has 2 unspecified atom stereocenters. The SMILES string of the molecule is CC(CC1CCCC1)C(=O)N1CCC(C(=O)O)(C(C)C)C1. The largest absolute Gasteiger partial charge is 0.481 e. The van der Waals surface area contributed by atoms with Crippen molar-refractivity contribution in [2.45, 2.75) is 59.3 Å². The van der Waals surface area contributed by atoms with E-state index in [0.717, 1.165) is 6.42 Å². The van der Waals surface area contributed by atoms with Gasteiger partial charge in [-0.1, -0.05) is 46.5 Å². The molecular weight excluding hydrogens is 266 g/mol. The quantitative estimate of drug-likeness (QED) is 0.847. The number of aliphatic carboxylic acids is 1. The van der Waals surface area contributed by atoms with E-state index in [2.05, 4.69) is 0 Å². The molecule has 2 aliphatic rings. The highest BCUT2D eigenvalue weighted by atomic mass is 16.4. The van der Waals surface area contributed by atoms with Crippen molar-refractivity contribution in [3.8, 4) is 0 Å². The topological polar surface area (TPSA) is 57.6 Å². The van der Waals surface area contributed by atoms with Gasteiger partial charge in [0.1, 0.15) is 0 Å². The van der Waals surface area contributed by atoms with E-state index in [-0.39, 0.29) is 17.7 Å². The smallest absolute Gasteiger partial charge is 0.311 e. The third kappa shape index (κ3) is 3.24. The van der Waals surface area contributed by atoms with Gasteiger partial charge in [-0.3, -0.25) is 9.59 Å². The van der Waals surface area contributed by atoms with Crippen LogP contribution in [0, 0.1) is 23.2 Å². The lowest BCUT2D eigenvalue weighted by Gasteiger charge is -2.29. The molecule has 2 atom stereocenters. The van der Waals surface area contributed by atoms with Crippen molar-refractivity contribution in [2.75, 3.05) is 13.1 Å². The van der Waals surface area contributed by atoms with Crippen molar-refractivity contribution in [3.05, 3.63) is 0 Å². The van der Waals surface area contributed by atoms with Gasteiger partial charge in [0.25, 0.3) is 0 Å². The van der Waals surface area contributed by atoms with E-state index in [9.17, 15) is 14.7 Å². The average molecular weight is 295 g/mol. The summed E-state index contributed by atoms with van der Waals surface area (Å²) in [4.78, 5) is 26.0. The molecule has 0 radical (unpaired) electrons. The van der Waals surface area contributed by atoms with E-state index in [1.165, 1.54) is 25.7 Å². The van der Waals surface area contributed by atoms with E-state index in [4.69, 9.17) is 0 Å². The van der Waals surface area contributed by atoms with Crippen LogP contribution in [-0.2, 0) is 9.59 Å². The Morgan fingerprint density at radius 1 is 1.24 bits per heavy atom. The molecular formula is C17H29NO3. The van der Waals surface area contributed by atoms with Gasteiger partial charge in [-0.05, 0) is 24.7 Å². The molecule has 2 rings (SSSR count). The Morgan fingerprint density at radius 3 is 2.33 bits per heavy atom. The zero-order valence-corrected chi connectivity index (χ0v) is 13.6. The van der Waals surface area contributed by atoms with E-state index in [1.807, 2.05) is 20.8 Å². The molecule has 2 fully saturated rings. The fraction of sp³-hybridized carbons (Fsp3) is 0.882. The van der Waals surface area contributed by atoms with Gasteiger partial charge >= 0.3 is 5.97 Å². The summed E-state index contributed by atoms with van der Waals surface area (Å²) in [5, 5.41) is 9.56. The first-order chi connectivity index (χ1) is 9.86. The minimum atomic E-state index is -0.753. The predicted octanol–water partition coefficient (Wildman–Crippen LogP) is 3.16. The fourth-order valence-electron chi connectivity index (χ4n) is 4.07. The van der Waals surface area contributed by atoms with Gasteiger partial charge in [-0.25, -0.2) is 0 Å². The Bertz CT molecular complexity index is 401. The van der Waals surface area contributed by atoms with Crippen LogP contribution >= 0.6 is 0 Å². The van der Waals surface area contributed by atoms with Gasteiger partial charge < -0.3 is 10.0 Å². The molecule has 4 nitrogen and oxygen atoms in total. The first-order valence-corrected chi connectivity index (χ1v) is 8.39. The molecule has 4 heteroatoms. The van der Waals surface area contributed by atoms with Gasteiger partial charge in [-0.2, -0.15) is 0 Å². The number of carboxylic acid groups (broad SMARTS) is 1. The Balaban J connectivity index is 1.96. The Hall–Kier alpha value is -1.06. The van der Waals surface area contributed by atoms with Crippen molar-refractivity contribution in [2.24, 2.45) is 23.2 Å². The summed E-state index contributed by atoms with van der Waals surface area (Å²) in [5.41, 5.74) is -0.747. The summed E-state index contributed by atoms with van der Waals surface area (Å²) in [5.74, 6) is 0.186.